The summed E-state index contributed by atoms with van der Waals surface area (Å²) >= 11 is 0. The summed E-state index contributed by atoms with van der Waals surface area (Å²) in [6.45, 7) is 5.44. The maximum absolute atomic E-state index is 12.3. The lowest BCUT2D eigenvalue weighted by atomic mass is 10.0. The zero-order chi connectivity index (χ0) is 17.6. The van der Waals surface area contributed by atoms with Crippen molar-refractivity contribution in [3.63, 3.8) is 0 Å². The number of nitrogens with one attached hydrogen (secondary N) is 1. The summed E-state index contributed by atoms with van der Waals surface area (Å²) in [4.78, 5) is 14.6. The minimum absolute atomic E-state index is 0.00859. The number of hydrogen-bond acceptors (Lipinski definition) is 4. The van der Waals surface area contributed by atoms with Crippen LogP contribution in [0.25, 0.3) is 0 Å². The summed E-state index contributed by atoms with van der Waals surface area (Å²) in [6.07, 6.45) is 8.87. The zero-order valence-electron chi connectivity index (χ0n) is 15.5. The Bertz CT molecular complexity index is 576. The van der Waals surface area contributed by atoms with Crippen LogP contribution in [-0.2, 0) is 30.9 Å². The normalized spacial score (nSPS) is 19.4. The number of rotatable bonds is 6. The first-order chi connectivity index (χ1) is 12.2. The van der Waals surface area contributed by atoms with E-state index in [1.165, 1.54) is 36.9 Å². The molecule has 1 aliphatic heterocycles. The first-order valence-corrected chi connectivity index (χ1v) is 9.91. The standard InChI is InChI=1S/C19H32N4O2/c1-2-23-18-9-11-22(13-16(18)17(14-24)21-23)12-10-19(25)20-15-7-5-3-4-6-8-15/h15,24H,2-14H2,1H3,(H,20,25). The molecule has 1 aliphatic carbocycles. The van der Waals surface area contributed by atoms with Gasteiger partial charge in [0.15, 0.2) is 0 Å². The monoisotopic (exact) mass is 348 g/mol. The molecule has 25 heavy (non-hydrogen) atoms. The molecule has 140 valence electrons. The molecule has 2 N–H and O–H groups in total. The van der Waals surface area contributed by atoms with Gasteiger partial charge in [0.1, 0.15) is 0 Å². The third-order valence-corrected chi connectivity index (χ3v) is 5.62. The highest BCUT2D eigenvalue weighted by Gasteiger charge is 2.24. The first-order valence-electron chi connectivity index (χ1n) is 9.91. The van der Waals surface area contributed by atoms with E-state index in [-0.39, 0.29) is 12.5 Å². The van der Waals surface area contributed by atoms with Crippen molar-refractivity contribution in [2.75, 3.05) is 13.1 Å². The molecule has 0 saturated heterocycles. The molecule has 0 aromatic carbocycles. The number of nitrogens with zero attached hydrogens (tertiary/aromatic N) is 3. The molecule has 1 aromatic heterocycles. The SMILES string of the molecule is CCn1nc(CO)c2c1CCN(CCC(=O)NC1CCCCCC1)C2. The van der Waals surface area contributed by atoms with Crippen LogP contribution in [0.4, 0.5) is 0 Å². The molecule has 2 heterocycles. The average Bonchev–Trinajstić information content (AvgIpc) is 2.78. The number of carbonyl (C=O) groups is 1. The molecule has 6 nitrogen and oxygen atoms in total. The highest BCUT2D eigenvalue weighted by Crippen LogP contribution is 2.23. The van der Waals surface area contributed by atoms with Crippen molar-refractivity contribution in [1.82, 2.24) is 20.0 Å². The highest BCUT2D eigenvalue weighted by atomic mass is 16.3. The van der Waals surface area contributed by atoms with Gasteiger partial charge >= 0.3 is 0 Å². The molecule has 6 heteroatoms. The summed E-state index contributed by atoms with van der Waals surface area (Å²) in [5, 5.41) is 17.3. The van der Waals surface area contributed by atoms with E-state index in [0.717, 1.165) is 51.1 Å². The molecule has 2 aliphatic rings. The Morgan fingerprint density at radius 3 is 2.72 bits per heavy atom. The molecule has 1 saturated carbocycles. The maximum Gasteiger partial charge on any atom is 0.221 e. The Balaban J connectivity index is 1.49. The molecule has 3 rings (SSSR count). The van der Waals surface area contributed by atoms with Crippen LogP contribution in [0.3, 0.4) is 0 Å². The molecule has 0 radical (unpaired) electrons. The van der Waals surface area contributed by atoms with Gasteiger partial charge in [0.2, 0.25) is 5.91 Å². The smallest absolute Gasteiger partial charge is 0.221 e. The molecule has 1 fully saturated rings. The fourth-order valence-electron chi connectivity index (χ4n) is 4.18. The van der Waals surface area contributed by atoms with Crippen molar-refractivity contribution in [3.05, 3.63) is 17.0 Å². The Morgan fingerprint density at radius 2 is 2.04 bits per heavy atom. The lowest BCUT2D eigenvalue weighted by Crippen LogP contribution is -2.38. The second-order valence-corrected chi connectivity index (χ2v) is 7.38. The van der Waals surface area contributed by atoms with Gasteiger partial charge in [-0.2, -0.15) is 5.10 Å². The fraction of sp³-hybridized carbons (Fsp3) is 0.789. The van der Waals surface area contributed by atoms with Gasteiger partial charge in [0, 0.05) is 56.3 Å². The number of aromatic nitrogens is 2. The van der Waals surface area contributed by atoms with E-state index in [9.17, 15) is 9.90 Å². The van der Waals surface area contributed by atoms with Crippen molar-refractivity contribution in [1.29, 1.82) is 0 Å². The lowest BCUT2D eigenvalue weighted by Gasteiger charge is -2.27. The number of carbonyl (C=O) groups excluding carboxylic acids is 1. The fourth-order valence-corrected chi connectivity index (χ4v) is 4.18. The van der Waals surface area contributed by atoms with Crippen molar-refractivity contribution >= 4 is 5.91 Å². The van der Waals surface area contributed by atoms with E-state index in [1.807, 2.05) is 4.68 Å². The Kier molecular flexibility index (Phi) is 6.48. The minimum Gasteiger partial charge on any atom is -0.390 e. The van der Waals surface area contributed by atoms with Crippen LogP contribution in [0.2, 0.25) is 0 Å². The van der Waals surface area contributed by atoms with E-state index < -0.39 is 0 Å². The predicted molar refractivity (Wildman–Crippen MR) is 97.1 cm³/mol. The summed E-state index contributed by atoms with van der Waals surface area (Å²) in [5.41, 5.74) is 3.22. The van der Waals surface area contributed by atoms with Crippen molar-refractivity contribution < 1.29 is 9.90 Å². The first kappa shape index (κ1) is 18.4. The van der Waals surface area contributed by atoms with Gasteiger partial charge < -0.3 is 10.4 Å². The molecule has 1 amide bonds. The molecule has 0 unspecified atom stereocenters. The third kappa shape index (κ3) is 4.61. The summed E-state index contributed by atoms with van der Waals surface area (Å²) in [5.74, 6) is 0.185. The number of aliphatic hydroxyl groups is 1. The summed E-state index contributed by atoms with van der Waals surface area (Å²) < 4.78 is 2.01. The summed E-state index contributed by atoms with van der Waals surface area (Å²) in [7, 11) is 0. The lowest BCUT2D eigenvalue weighted by molar-refractivity contribution is -0.122. The quantitative estimate of drug-likeness (QED) is 0.771. The topological polar surface area (TPSA) is 70.4 Å². The molecule has 1 aromatic rings. The summed E-state index contributed by atoms with van der Waals surface area (Å²) in [6, 6.07) is 0.381. The Morgan fingerprint density at radius 1 is 1.28 bits per heavy atom. The van der Waals surface area contributed by atoms with Crippen molar-refractivity contribution in [2.45, 2.75) is 84.0 Å². The van der Waals surface area contributed by atoms with Crippen LogP contribution in [0.15, 0.2) is 0 Å². The highest BCUT2D eigenvalue weighted by molar-refractivity contribution is 5.76. The van der Waals surface area contributed by atoms with Gasteiger partial charge in [-0.15, -0.1) is 0 Å². The van der Waals surface area contributed by atoms with E-state index in [4.69, 9.17) is 0 Å². The van der Waals surface area contributed by atoms with Gasteiger partial charge in [-0.3, -0.25) is 14.4 Å². The second-order valence-electron chi connectivity index (χ2n) is 7.38. The molecule has 0 spiro atoms. The zero-order valence-corrected chi connectivity index (χ0v) is 15.5. The molecule has 0 bridgehead atoms. The predicted octanol–water partition coefficient (Wildman–Crippen LogP) is 1.98. The number of amides is 1. The van der Waals surface area contributed by atoms with Crippen LogP contribution in [-0.4, -0.2) is 44.8 Å². The van der Waals surface area contributed by atoms with Crippen LogP contribution in [0.5, 0.6) is 0 Å². The van der Waals surface area contributed by atoms with Gasteiger partial charge in [0.25, 0.3) is 0 Å². The van der Waals surface area contributed by atoms with E-state index in [1.54, 1.807) is 0 Å². The van der Waals surface area contributed by atoms with Crippen LogP contribution in [0.1, 0.15) is 68.8 Å². The van der Waals surface area contributed by atoms with E-state index in [0.29, 0.717) is 12.5 Å². The van der Waals surface area contributed by atoms with Crippen LogP contribution in [0, 0.1) is 0 Å². The number of aliphatic hydroxyl groups excluding tert-OH is 1. The molecular formula is C19H32N4O2. The van der Waals surface area contributed by atoms with Crippen molar-refractivity contribution in [3.8, 4) is 0 Å². The van der Waals surface area contributed by atoms with Gasteiger partial charge in [-0.25, -0.2) is 0 Å². The van der Waals surface area contributed by atoms with Crippen LogP contribution < -0.4 is 5.32 Å². The minimum atomic E-state index is -0.00859. The van der Waals surface area contributed by atoms with E-state index in [2.05, 4.69) is 22.2 Å². The molecular weight excluding hydrogens is 316 g/mol. The van der Waals surface area contributed by atoms with Crippen molar-refractivity contribution in [2.24, 2.45) is 0 Å². The number of fused-ring (bicyclic) bond motifs is 1. The third-order valence-electron chi connectivity index (χ3n) is 5.62. The van der Waals surface area contributed by atoms with Gasteiger partial charge in [0.05, 0.1) is 12.3 Å². The van der Waals surface area contributed by atoms with Gasteiger partial charge in [-0.1, -0.05) is 25.7 Å². The second kappa shape index (κ2) is 8.81. The van der Waals surface area contributed by atoms with Crippen LogP contribution >= 0.6 is 0 Å². The molecule has 0 atom stereocenters. The average molecular weight is 348 g/mol. The number of aryl methyl sites for hydroxylation is 1. The Labute approximate surface area is 150 Å². The Hall–Kier alpha value is -1.40. The largest absolute Gasteiger partial charge is 0.390 e. The van der Waals surface area contributed by atoms with E-state index >= 15 is 0 Å². The maximum atomic E-state index is 12.3. The van der Waals surface area contributed by atoms with Gasteiger partial charge in [-0.05, 0) is 19.8 Å². The number of hydrogen-bond donors (Lipinski definition) is 2.